The van der Waals surface area contributed by atoms with Crippen LogP contribution in [0, 0.1) is 0 Å². The van der Waals surface area contributed by atoms with Crippen LogP contribution in [-0.2, 0) is 25.5 Å². The minimum absolute atomic E-state index is 0.0615. The summed E-state index contributed by atoms with van der Waals surface area (Å²) in [6.45, 7) is 0.525. The number of rotatable bonds is 8. The number of thiazole rings is 1. The molecule has 0 bridgehead atoms. The van der Waals surface area contributed by atoms with E-state index in [1.165, 1.54) is 11.3 Å². The number of carbonyl (C=O) groups is 2. The third-order valence-corrected chi connectivity index (χ3v) is 4.26. The number of aromatic nitrogens is 1. The maximum atomic E-state index is 11.7. The monoisotopic (exact) mass is 340 g/mol. The van der Waals surface area contributed by atoms with Crippen molar-refractivity contribution in [1.29, 1.82) is 0 Å². The van der Waals surface area contributed by atoms with Gasteiger partial charge in [0.1, 0.15) is 5.01 Å². The number of hydrogen-bond acceptors (Lipinski definition) is 7. The van der Waals surface area contributed by atoms with Crippen molar-refractivity contribution < 1.29 is 19.1 Å². The Morgan fingerprint density at radius 2 is 2.23 bits per heavy atom. The summed E-state index contributed by atoms with van der Waals surface area (Å²) in [7, 11) is 1.55. The summed E-state index contributed by atoms with van der Waals surface area (Å²) in [5, 5.41) is 9.26. The maximum Gasteiger partial charge on any atom is 0.312 e. The third-order valence-electron chi connectivity index (χ3n) is 2.64. The second-order valence-corrected chi connectivity index (χ2v) is 5.97. The van der Waals surface area contributed by atoms with Gasteiger partial charge in [0.15, 0.2) is 6.61 Å². The highest BCUT2D eigenvalue weighted by molar-refractivity contribution is 7.14. The van der Waals surface area contributed by atoms with E-state index in [4.69, 9.17) is 9.47 Å². The Kier molecular flexibility index (Phi) is 6.50. The summed E-state index contributed by atoms with van der Waals surface area (Å²) in [6.07, 6.45) is 0.0615. The molecule has 1 amide bonds. The number of methoxy groups -OCH3 is 1. The van der Waals surface area contributed by atoms with Crippen LogP contribution in [-0.4, -0.2) is 43.7 Å². The first-order chi connectivity index (χ1) is 10.7. The Morgan fingerprint density at radius 1 is 1.36 bits per heavy atom. The number of hydrogen-bond donors (Lipinski definition) is 1. The highest BCUT2D eigenvalue weighted by atomic mass is 32.1. The lowest BCUT2D eigenvalue weighted by atomic mass is 10.3. The fourth-order valence-electron chi connectivity index (χ4n) is 1.60. The molecular weight excluding hydrogens is 324 g/mol. The Bertz CT molecular complexity index is 610. The van der Waals surface area contributed by atoms with E-state index in [0.29, 0.717) is 18.8 Å². The maximum absolute atomic E-state index is 11.7. The van der Waals surface area contributed by atoms with E-state index in [0.717, 1.165) is 10.6 Å². The lowest BCUT2D eigenvalue weighted by Gasteiger charge is -2.05. The fraction of sp³-hybridized carbons (Fsp3) is 0.357. The normalized spacial score (nSPS) is 10.4. The average molecular weight is 340 g/mol. The molecule has 0 saturated carbocycles. The lowest BCUT2D eigenvalue weighted by Crippen LogP contribution is -2.31. The predicted molar refractivity (Wildman–Crippen MR) is 85.0 cm³/mol. The second-order valence-electron chi connectivity index (χ2n) is 4.34. The van der Waals surface area contributed by atoms with Crippen LogP contribution in [0.1, 0.15) is 5.69 Å². The zero-order valence-electron chi connectivity index (χ0n) is 12.0. The van der Waals surface area contributed by atoms with E-state index in [9.17, 15) is 9.59 Å². The molecule has 2 heterocycles. The summed E-state index contributed by atoms with van der Waals surface area (Å²) in [6, 6.07) is 1.98. The van der Waals surface area contributed by atoms with Crippen LogP contribution < -0.4 is 5.32 Å². The molecule has 0 aromatic carbocycles. The van der Waals surface area contributed by atoms with Gasteiger partial charge in [0, 0.05) is 30.0 Å². The molecule has 0 unspecified atom stereocenters. The fourth-order valence-corrected chi connectivity index (χ4v) is 3.13. The average Bonchev–Trinajstić information content (AvgIpc) is 3.16. The van der Waals surface area contributed by atoms with Gasteiger partial charge in [-0.3, -0.25) is 9.59 Å². The van der Waals surface area contributed by atoms with Crippen LogP contribution >= 0.6 is 22.7 Å². The molecule has 8 heteroatoms. The van der Waals surface area contributed by atoms with Gasteiger partial charge in [0.05, 0.1) is 18.7 Å². The molecule has 2 aromatic rings. The molecule has 0 aliphatic carbocycles. The quantitative estimate of drug-likeness (QED) is 0.585. The topological polar surface area (TPSA) is 77.5 Å². The van der Waals surface area contributed by atoms with Gasteiger partial charge in [-0.05, 0) is 11.4 Å². The molecular formula is C14H16N2O4S2. The summed E-state index contributed by atoms with van der Waals surface area (Å²) in [5.41, 5.74) is 1.70. The van der Waals surface area contributed by atoms with Gasteiger partial charge < -0.3 is 14.8 Å². The van der Waals surface area contributed by atoms with E-state index < -0.39 is 5.97 Å². The van der Waals surface area contributed by atoms with Crippen LogP contribution in [0.2, 0.25) is 0 Å². The first-order valence-electron chi connectivity index (χ1n) is 6.57. The summed E-state index contributed by atoms with van der Waals surface area (Å²) in [5.74, 6) is -0.813. The van der Waals surface area contributed by atoms with E-state index >= 15 is 0 Å². The van der Waals surface area contributed by atoms with Crippen LogP contribution in [0.25, 0.3) is 10.6 Å². The molecule has 0 spiro atoms. The van der Waals surface area contributed by atoms with Gasteiger partial charge >= 0.3 is 5.97 Å². The standard InChI is InChI=1S/C14H16N2O4S2/c1-19-4-3-15-12(17)7-20-13(18)6-11-9-22-14(16-11)10-2-5-21-8-10/h2,5,8-9H,3-4,6-7H2,1H3,(H,15,17). The van der Waals surface area contributed by atoms with Crippen LogP contribution in [0.15, 0.2) is 22.2 Å². The summed E-state index contributed by atoms with van der Waals surface area (Å²) < 4.78 is 9.71. The van der Waals surface area contributed by atoms with E-state index in [1.807, 2.05) is 22.2 Å². The number of ether oxygens (including phenoxy) is 2. The van der Waals surface area contributed by atoms with Gasteiger partial charge in [-0.25, -0.2) is 4.98 Å². The zero-order chi connectivity index (χ0) is 15.8. The SMILES string of the molecule is COCCNC(=O)COC(=O)Cc1csc(-c2ccsc2)n1. The van der Waals surface area contributed by atoms with Crippen molar-refractivity contribution >= 4 is 34.6 Å². The van der Waals surface area contributed by atoms with Crippen molar-refractivity contribution in [3.8, 4) is 10.6 Å². The molecule has 22 heavy (non-hydrogen) atoms. The van der Waals surface area contributed by atoms with E-state index in [-0.39, 0.29) is 18.9 Å². The molecule has 0 atom stereocenters. The molecule has 0 fully saturated rings. The third kappa shape index (κ3) is 5.21. The van der Waals surface area contributed by atoms with Crippen molar-refractivity contribution in [2.75, 3.05) is 26.9 Å². The molecule has 0 radical (unpaired) electrons. The molecule has 2 rings (SSSR count). The Labute approximate surface area is 136 Å². The highest BCUT2D eigenvalue weighted by Crippen LogP contribution is 2.25. The number of esters is 1. The van der Waals surface area contributed by atoms with Crippen LogP contribution in [0.3, 0.4) is 0 Å². The Balaban J connectivity index is 1.74. The summed E-state index contributed by atoms with van der Waals surface area (Å²) in [4.78, 5) is 27.4. The van der Waals surface area contributed by atoms with E-state index in [2.05, 4.69) is 10.3 Å². The molecule has 0 aliphatic heterocycles. The molecule has 0 aliphatic rings. The number of thiophene rings is 1. The molecule has 2 aromatic heterocycles. The van der Waals surface area contributed by atoms with Gasteiger partial charge in [0.25, 0.3) is 5.91 Å². The minimum Gasteiger partial charge on any atom is -0.455 e. The van der Waals surface area contributed by atoms with Crippen LogP contribution in [0.5, 0.6) is 0 Å². The molecule has 0 saturated heterocycles. The first kappa shape index (κ1) is 16.6. The zero-order valence-corrected chi connectivity index (χ0v) is 13.7. The van der Waals surface area contributed by atoms with Gasteiger partial charge in [0.2, 0.25) is 0 Å². The molecule has 1 N–H and O–H groups in total. The van der Waals surface area contributed by atoms with Crippen molar-refractivity contribution in [3.05, 3.63) is 27.9 Å². The number of carbonyl (C=O) groups excluding carboxylic acids is 2. The van der Waals surface area contributed by atoms with Gasteiger partial charge in [-0.1, -0.05) is 0 Å². The molecule has 6 nitrogen and oxygen atoms in total. The van der Waals surface area contributed by atoms with Gasteiger partial charge in [-0.15, -0.1) is 11.3 Å². The lowest BCUT2D eigenvalue weighted by molar-refractivity contribution is -0.147. The molecule has 118 valence electrons. The second kappa shape index (κ2) is 8.62. The number of nitrogens with one attached hydrogen (secondary N) is 1. The smallest absolute Gasteiger partial charge is 0.312 e. The minimum atomic E-state index is -0.468. The first-order valence-corrected chi connectivity index (χ1v) is 8.39. The van der Waals surface area contributed by atoms with Crippen molar-refractivity contribution in [1.82, 2.24) is 10.3 Å². The largest absolute Gasteiger partial charge is 0.455 e. The number of amides is 1. The van der Waals surface area contributed by atoms with Crippen molar-refractivity contribution in [2.24, 2.45) is 0 Å². The Hall–Kier alpha value is -1.77. The predicted octanol–water partition coefficient (Wildman–Crippen LogP) is 1.72. The van der Waals surface area contributed by atoms with Gasteiger partial charge in [-0.2, -0.15) is 11.3 Å². The Morgan fingerprint density at radius 3 is 2.95 bits per heavy atom. The van der Waals surface area contributed by atoms with Crippen molar-refractivity contribution in [2.45, 2.75) is 6.42 Å². The number of nitrogens with zero attached hydrogens (tertiary/aromatic N) is 1. The van der Waals surface area contributed by atoms with Crippen molar-refractivity contribution in [3.63, 3.8) is 0 Å². The van der Waals surface area contributed by atoms with E-state index in [1.54, 1.807) is 18.4 Å². The summed E-state index contributed by atoms with van der Waals surface area (Å²) >= 11 is 3.08. The highest BCUT2D eigenvalue weighted by Gasteiger charge is 2.12. The van der Waals surface area contributed by atoms with Crippen LogP contribution in [0.4, 0.5) is 0 Å².